The van der Waals surface area contributed by atoms with E-state index in [0.29, 0.717) is 6.61 Å². The minimum atomic E-state index is -1.58. The Morgan fingerprint density at radius 2 is 1.84 bits per heavy atom. The van der Waals surface area contributed by atoms with Crippen molar-refractivity contribution in [1.29, 1.82) is 0 Å². The van der Waals surface area contributed by atoms with Crippen LogP contribution in [0.4, 0.5) is 0 Å². The second kappa shape index (κ2) is 6.72. The van der Waals surface area contributed by atoms with E-state index >= 15 is 0 Å². The van der Waals surface area contributed by atoms with Gasteiger partial charge in [0.15, 0.2) is 0 Å². The number of hydrogen-bond donors (Lipinski definition) is 1. The summed E-state index contributed by atoms with van der Waals surface area (Å²) in [5.74, 6) is 0.587. The van der Waals surface area contributed by atoms with E-state index in [1.165, 1.54) is 0 Å². The van der Waals surface area contributed by atoms with Gasteiger partial charge >= 0.3 is 5.97 Å². The van der Waals surface area contributed by atoms with Gasteiger partial charge in [-0.25, -0.2) is 0 Å². The van der Waals surface area contributed by atoms with E-state index in [1.54, 1.807) is 6.92 Å². The Hall–Kier alpha value is -1.33. The molecule has 0 spiro atoms. The van der Waals surface area contributed by atoms with E-state index in [9.17, 15) is 4.79 Å². The van der Waals surface area contributed by atoms with Gasteiger partial charge in [0.2, 0.25) is 8.32 Å². The third-order valence-electron chi connectivity index (χ3n) is 2.42. The van der Waals surface area contributed by atoms with Gasteiger partial charge in [0.05, 0.1) is 13.0 Å². The lowest BCUT2D eigenvalue weighted by Crippen LogP contribution is -2.29. The zero-order valence-corrected chi connectivity index (χ0v) is 13.1. The maximum absolute atomic E-state index is 11.4. The quantitative estimate of drug-likeness (QED) is 0.643. The lowest BCUT2D eigenvalue weighted by molar-refractivity contribution is -0.143. The average molecular weight is 281 g/mol. The topological polar surface area (TPSA) is 61.5 Å². The molecule has 0 aliphatic rings. The Kier molecular flexibility index (Phi) is 5.56. The van der Waals surface area contributed by atoms with Crippen molar-refractivity contribution in [2.45, 2.75) is 39.0 Å². The third-order valence-corrected chi connectivity index (χ3v) is 3.27. The number of hydrogen-bond acceptors (Lipinski definition) is 4. The Labute approximate surface area is 116 Å². The lowest BCUT2D eigenvalue weighted by Gasteiger charge is -2.19. The van der Waals surface area contributed by atoms with E-state index in [4.69, 9.17) is 14.9 Å². The van der Waals surface area contributed by atoms with E-state index < -0.39 is 8.32 Å². The van der Waals surface area contributed by atoms with Gasteiger partial charge in [0.25, 0.3) is 0 Å². The Bertz CT molecular complexity index is 412. The Morgan fingerprint density at radius 3 is 2.32 bits per heavy atom. The van der Waals surface area contributed by atoms with Crippen LogP contribution in [-0.4, -0.2) is 20.9 Å². The molecule has 1 atom stereocenters. The van der Waals surface area contributed by atoms with Crippen LogP contribution >= 0.6 is 0 Å². The summed E-state index contributed by atoms with van der Waals surface area (Å²) < 4.78 is 10.7. The molecule has 5 heteroatoms. The van der Waals surface area contributed by atoms with Crippen LogP contribution in [0.15, 0.2) is 24.3 Å². The standard InChI is InChI=1S/C14H23NO3Si/c1-5-17-14(16)10-13(15)11-6-8-12(9-7-11)18-19(2,3)4/h6-9,13H,5,10,15H2,1-4H3/t13-/m0/s1. The van der Waals surface area contributed by atoms with Crippen molar-refractivity contribution in [1.82, 2.24) is 0 Å². The van der Waals surface area contributed by atoms with Crippen molar-refractivity contribution in [3.63, 3.8) is 0 Å². The molecule has 1 aromatic rings. The smallest absolute Gasteiger partial charge is 0.307 e. The number of benzene rings is 1. The molecule has 0 unspecified atom stereocenters. The molecule has 0 bridgehead atoms. The van der Waals surface area contributed by atoms with Crippen LogP contribution in [0.3, 0.4) is 0 Å². The zero-order valence-electron chi connectivity index (χ0n) is 12.1. The molecular formula is C14H23NO3Si. The molecule has 1 aromatic carbocycles. The molecule has 0 aliphatic heterocycles. The fraction of sp³-hybridized carbons (Fsp3) is 0.500. The highest BCUT2D eigenvalue weighted by Crippen LogP contribution is 2.21. The van der Waals surface area contributed by atoms with Gasteiger partial charge in [-0.3, -0.25) is 4.79 Å². The molecule has 4 nitrogen and oxygen atoms in total. The highest BCUT2D eigenvalue weighted by atomic mass is 28.4. The Balaban J connectivity index is 2.63. The molecule has 0 amide bonds. The molecule has 0 fully saturated rings. The van der Waals surface area contributed by atoms with Gasteiger partial charge in [-0.15, -0.1) is 0 Å². The van der Waals surface area contributed by atoms with E-state index in [1.807, 2.05) is 24.3 Å². The summed E-state index contributed by atoms with van der Waals surface area (Å²) in [6, 6.07) is 7.27. The summed E-state index contributed by atoms with van der Waals surface area (Å²) in [4.78, 5) is 11.4. The molecule has 19 heavy (non-hydrogen) atoms. The molecular weight excluding hydrogens is 258 g/mol. The number of ether oxygens (including phenoxy) is 1. The van der Waals surface area contributed by atoms with Crippen molar-refractivity contribution in [2.75, 3.05) is 6.61 Å². The van der Waals surface area contributed by atoms with E-state index in [2.05, 4.69) is 19.6 Å². The van der Waals surface area contributed by atoms with Crippen molar-refractivity contribution in [3.8, 4) is 5.75 Å². The van der Waals surface area contributed by atoms with Gasteiger partial charge in [-0.05, 0) is 44.3 Å². The summed E-state index contributed by atoms with van der Waals surface area (Å²) in [6.45, 7) is 8.56. The summed E-state index contributed by atoms with van der Waals surface area (Å²) in [5, 5.41) is 0. The van der Waals surface area contributed by atoms with Crippen LogP contribution in [0.25, 0.3) is 0 Å². The monoisotopic (exact) mass is 281 g/mol. The Morgan fingerprint density at radius 1 is 1.26 bits per heavy atom. The predicted octanol–water partition coefficient (Wildman–Crippen LogP) is 2.85. The van der Waals surface area contributed by atoms with Crippen LogP contribution in [0, 0.1) is 0 Å². The maximum atomic E-state index is 11.4. The number of esters is 1. The zero-order chi connectivity index (χ0) is 14.5. The van der Waals surface area contributed by atoms with Crippen molar-refractivity contribution < 1.29 is 14.0 Å². The summed E-state index contributed by atoms with van der Waals surface area (Å²) in [6.07, 6.45) is 0.196. The minimum Gasteiger partial charge on any atom is -0.544 e. The molecule has 0 heterocycles. The van der Waals surface area contributed by atoms with Crippen LogP contribution in [0.5, 0.6) is 5.75 Å². The second-order valence-corrected chi connectivity index (χ2v) is 9.83. The first-order valence-electron chi connectivity index (χ1n) is 6.52. The van der Waals surface area contributed by atoms with E-state index in [0.717, 1.165) is 11.3 Å². The first-order valence-corrected chi connectivity index (χ1v) is 9.93. The van der Waals surface area contributed by atoms with Crippen LogP contribution in [0.2, 0.25) is 19.6 Å². The van der Waals surface area contributed by atoms with Crippen molar-refractivity contribution >= 4 is 14.3 Å². The fourth-order valence-corrected chi connectivity index (χ4v) is 2.50. The van der Waals surface area contributed by atoms with Gasteiger partial charge in [-0.1, -0.05) is 12.1 Å². The molecule has 0 aliphatic carbocycles. The first-order chi connectivity index (χ1) is 8.81. The molecule has 1 rings (SSSR count). The van der Waals surface area contributed by atoms with Gasteiger partial charge in [0, 0.05) is 6.04 Å². The summed E-state index contributed by atoms with van der Waals surface area (Å²) in [7, 11) is -1.58. The van der Waals surface area contributed by atoms with Crippen LogP contribution in [-0.2, 0) is 9.53 Å². The molecule has 0 saturated carbocycles. The molecule has 0 saturated heterocycles. The third kappa shape index (κ3) is 5.89. The summed E-state index contributed by atoms with van der Waals surface area (Å²) >= 11 is 0. The maximum Gasteiger partial charge on any atom is 0.307 e. The lowest BCUT2D eigenvalue weighted by atomic mass is 10.0. The van der Waals surface area contributed by atoms with E-state index in [-0.39, 0.29) is 18.4 Å². The van der Waals surface area contributed by atoms with Gasteiger partial charge in [-0.2, -0.15) is 0 Å². The normalized spacial score (nSPS) is 12.9. The molecule has 106 valence electrons. The fourth-order valence-electron chi connectivity index (χ4n) is 1.65. The largest absolute Gasteiger partial charge is 0.544 e. The molecule has 2 N–H and O–H groups in total. The molecule has 0 radical (unpaired) electrons. The second-order valence-electron chi connectivity index (χ2n) is 5.40. The number of carbonyl (C=O) groups excluding carboxylic acids is 1. The minimum absolute atomic E-state index is 0.196. The van der Waals surface area contributed by atoms with Crippen LogP contribution < -0.4 is 10.2 Å². The van der Waals surface area contributed by atoms with Gasteiger partial charge in [0.1, 0.15) is 5.75 Å². The first kappa shape index (κ1) is 15.7. The highest BCUT2D eigenvalue weighted by Gasteiger charge is 2.17. The van der Waals surface area contributed by atoms with Gasteiger partial charge < -0.3 is 14.9 Å². The number of rotatable bonds is 6. The SMILES string of the molecule is CCOC(=O)C[C@H](N)c1ccc(O[Si](C)(C)C)cc1. The van der Waals surface area contributed by atoms with Crippen molar-refractivity contribution in [3.05, 3.63) is 29.8 Å². The van der Waals surface area contributed by atoms with Crippen LogP contribution in [0.1, 0.15) is 24.9 Å². The van der Waals surface area contributed by atoms with Crippen molar-refractivity contribution in [2.24, 2.45) is 5.73 Å². The average Bonchev–Trinajstić information content (AvgIpc) is 2.27. The summed E-state index contributed by atoms with van der Waals surface area (Å²) in [5.41, 5.74) is 6.88. The predicted molar refractivity (Wildman–Crippen MR) is 78.6 cm³/mol. The highest BCUT2D eigenvalue weighted by molar-refractivity contribution is 6.70. The number of nitrogens with two attached hydrogens (primary N) is 1. The number of carbonyl (C=O) groups is 1. The molecule has 0 aromatic heterocycles.